The van der Waals surface area contributed by atoms with Crippen LogP contribution in [0.2, 0.25) is 0 Å². The quantitative estimate of drug-likeness (QED) is 0.807. The lowest BCUT2D eigenvalue weighted by molar-refractivity contribution is 0.108. The maximum absolute atomic E-state index is 11.9. The van der Waals surface area contributed by atoms with Crippen molar-refractivity contribution in [3.8, 4) is 11.5 Å². The molecule has 0 saturated carbocycles. The van der Waals surface area contributed by atoms with Crippen molar-refractivity contribution in [1.82, 2.24) is 0 Å². The molecule has 0 heterocycles. The minimum absolute atomic E-state index is 0.0686. The van der Waals surface area contributed by atoms with Gasteiger partial charge in [0.1, 0.15) is 16.4 Å². The van der Waals surface area contributed by atoms with Gasteiger partial charge in [0.05, 0.1) is 0 Å². The molecule has 0 aliphatic rings. The van der Waals surface area contributed by atoms with Crippen molar-refractivity contribution in [2.75, 3.05) is 6.26 Å². The summed E-state index contributed by atoms with van der Waals surface area (Å²) in [4.78, 5) is 11.3. The highest BCUT2D eigenvalue weighted by atomic mass is 35.5. The Hall–Kier alpha value is -1.85. The first-order valence-corrected chi connectivity index (χ1v) is 8.33. The largest absolute Gasteiger partial charge is 0.456 e. The number of sulfone groups is 1. The molecule has 2 aromatic carbocycles. The summed E-state index contributed by atoms with van der Waals surface area (Å²) in [6.45, 7) is 1.67. The van der Waals surface area contributed by atoms with Crippen LogP contribution >= 0.6 is 11.6 Å². The molecule has 6 heteroatoms. The van der Waals surface area contributed by atoms with Gasteiger partial charge in [-0.1, -0.05) is 18.2 Å². The first-order valence-electron chi connectivity index (χ1n) is 6.06. The van der Waals surface area contributed by atoms with E-state index < -0.39 is 15.1 Å². The van der Waals surface area contributed by atoms with Crippen LogP contribution in [0.3, 0.4) is 0 Å². The van der Waals surface area contributed by atoms with Crippen LogP contribution in [0.4, 0.5) is 0 Å². The summed E-state index contributed by atoms with van der Waals surface area (Å²) in [7, 11) is -3.56. The Morgan fingerprint density at radius 3 is 2.29 bits per heavy atom. The smallest absolute Gasteiger partial charge is 0.252 e. The molecular weight excluding hydrogens is 312 g/mol. The van der Waals surface area contributed by atoms with Gasteiger partial charge in [-0.05, 0) is 48.4 Å². The molecule has 0 bridgehead atoms. The lowest BCUT2D eigenvalue weighted by atomic mass is 10.1. The fourth-order valence-electron chi connectivity index (χ4n) is 1.86. The second-order valence-electron chi connectivity index (χ2n) is 4.57. The van der Waals surface area contributed by atoms with Gasteiger partial charge in [0, 0.05) is 11.8 Å². The Morgan fingerprint density at radius 2 is 1.76 bits per heavy atom. The molecule has 0 amide bonds. The molecule has 0 aromatic heterocycles. The zero-order valence-corrected chi connectivity index (χ0v) is 13.0. The molecule has 0 aliphatic carbocycles. The third kappa shape index (κ3) is 3.62. The molecule has 21 heavy (non-hydrogen) atoms. The van der Waals surface area contributed by atoms with Crippen LogP contribution in [-0.2, 0) is 9.84 Å². The number of benzene rings is 2. The second-order valence-corrected chi connectivity index (χ2v) is 6.90. The SMILES string of the molecule is Cc1cc(Oc2ccccc2)c(S(C)(=O)=O)cc1C(=O)Cl. The number of carbonyl (C=O) groups excluding carboxylic acids is 1. The predicted octanol–water partition coefficient (Wildman–Crippen LogP) is 3.57. The third-order valence-electron chi connectivity index (χ3n) is 2.87. The van der Waals surface area contributed by atoms with E-state index in [-0.39, 0.29) is 16.2 Å². The summed E-state index contributed by atoms with van der Waals surface area (Å²) in [5.74, 6) is 0.676. The van der Waals surface area contributed by atoms with Crippen molar-refractivity contribution in [1.29, 1.82) is 0 Å². The van der Waals surface area contributed by atoms with Crippen LogP contribution < -0.4 is 4.74 Å². The van der Waals surface area contributed by atoms with E-state index in [0.717, 1.165) is 6.26 Å². The molecule has 0 atom stereocenters. The minimum Gasteiger partial charge on any atom is -0.456 e. The van der Waals surface area contributed by atoms with Crippen LogP contribution in [0.25, 0.3) is 0 Å². The molecule has 0 N–H and O–H groups in total. The van der Waals surface area contributed by atoms with Gasteiger partial charge in [0.2, 0.25) is 0 Å². The van der Waals surface area contributed by atoms with Crippen molar-refractivity contribution >= 4 is 26.7 Å². The highest BCUT2D eigenvalue weighted by molar-refractivity contribution is 7.90. The Kier molecular flexibility index (Phi) is 4.34. The van der Waals surface area contributed by atoms with E-state index in [4.69, 9.17) is 16.3 Å². The van der Waals surface area contributed by atoms with Gasteiger partial charge in [-0.15, -0.1) is 0 Å². The fourth-order valence-corrected chi connectivity index (χ4v) is 2.86. The summed E-state index contributed by atoms with van der Waals surface area (Å²) in [5.41, 5.74) is 0.700. The van der Waals surface area contributed by atoms with Gasteiger partial charge in [-0.3, -0.25) is 4.79 Å². The topological polar surface area (TPSA) is 60.4 Å². The number of carbonyl (C=O) groups is 1. The Bertz CT molecular complexity index is 783. The zero-order valence-electron chi connectivity index (χ0n) is 11.5. The number of ether oxygens (including phenoxy) is 1. The van der Waals surface area contributed by atoms with E-state index in [2.05, 4.69) is 0 Å². The van der Waals surface area contributed by atoms with Gasteiger partial charge in [0.25, 0.3) is 5.24 Å². The average molecular weight is 325 g/mol. The standard InChI is InChI=1S/C15H13ClO4S/c1-10-8-13(20-11-6-4-3-5-7-11)14(21(2,18)19)9-12(10)15(16)17/h3-9H,1-2H3. The van der Waals surface area contributed by atoms with E-state index >= 15 is 0 Å². The molecule has 0 spiro atoms. The number of halogens is 1. The maximum atomic E-state index is 11.9. The molecule has 0 aliphatic heterocycles. The number of rotatable bonds is 4. The molecule has 0 fully saturated rings. The van der Waals surface area contributed by atoms with Crippen LogP contribution in [0.5, 0.6) is 11.5 Å². The van der Waals surface area contributed by atoms with E-state index in [1.165, 1.54) is 12.1 Å². The molecule has 0 radical (unpaired) electrons. The lowest BCUT2D eigenvalue weighted by Gasteiger charge is -2.13. The molecule has 4 nitrogen and oxygen atoms in total. The van der Waals surface area contributed by atoms with Crippen molar-refractivity contribution in [3.05, 3.63) is 53.6 Å². The molecule has 0 saturated heterocycles. The van der Waals surface area contributed by atoms with Crippen LogP contribution in [0, 0.1) is 6.92 Å². The number of para-hydroxylation sites is 1. The Balaban J connectivity index is 2.59. The van der Waals surface area contributed by atoms with Crippen LogP contribution in [0.1, 0.15) is 15.9 Å². The van der Waals surface area contributed by atoms with Gasteiger partial charge < -0.3 is 4.74 Å². The van der Waals surface area contributed by atoms with E-state index in [9.17, 15) is 13.2 Å². The van der Waals surface area contributed by atoms with Gasteiger partial charge in [-0.25, -0.2) is 8.42 Å². The van der Waals surface area contributed by atoms with Crippen LogP contribution in [-0.4, -0.2) is 19.9 Å². The lowest BCUT2D eigenvalue weighted by Crippen LogP contribution is -2.04. The molecular formula is C15H13ClO4S. The molecule has 0 unspecified atom stereocenters. The Labute approximate surface area is 128 Å². The van der Waals surface area contributed by atoms with Gasteiger partial charge >= 0.3 is 0 Å². The summed E-state index contributed by atoms with van der Waals surface area (Å²) >= 11 is 5.47. The van der Waals surface area contributed by atoms with E-state index in [1.807, 2.05) is 6.07 Å². The van der Waals surface area contributed by atoms with E-state index in [0.29, 0.717) is 11.3 Å². The number of aryl methyl sites for hydroxylation is 1. The van der Waals surface area contributed by atoms with Crippen molar-refractivity contribution < 1.29 is 17.9 Å². The average Bonchev–Trinajstić information content (AvgIpc) is 2.38. The van der Waals surface area contributed by atoms with E-state index in [1.54, 1.807) is 31.2 Å². The summed E-state index contributed by atoms with van der Waals surface area (Å²) < 4.78 is 29.4. The monoisotopic (exact) mass is 324 g/mol. The third-order valence-corrected chi connectivity index (χ3v) is 4.19. The number of hydrogen-bond donors (Lipinski definition) is 0. The normalized spacial score (nSPS) is 11.2. The number of hydrogen-bond acceptors (Lipinski definition) is 4. The molecule has 2 rings (SSSR count). The predicted molar refractivity (Wildman–Crippen MR) is 81.0 cm³/mol. The fraction of sp³-hybridized carbons (Fsp3) is 0.133. The summed E-state index contributed by atoms with van der Waals surface area (Å²) in [6, 6.07) is 11.5. The first kappa shape index (κ1) is 15.5. The zero-order chi connectivity index (χ0) is 15.6. The maximum Gasteiger partial charge on any atom is 0.252 e. The highest BCUT2D eigenvalue weighted by Crippen LogP contribution is 2.32. The van der Waals surface area contributed by atoms with Crippen LogP contribution in [0.15, 0.2) is 47.4 Å². The highest BCUT2D eigenvalue weighted by Gasteiger charge is 2.20. The Morgan fingerprint density at radius 1 is 1.14 bits per heavy atom. The molecule has 2 aromatic rings. The second kappa shape index (κ2) is 5.87. The summed E-state index contributed by atoms with van der Waals surface area (Å²) in [6.07, 6.45) is 1.05. The molecule has 110 valence electrons. The summed E-state index contributed by atoms with van der Waals surface area (Å²) in [5, 5.41) is -0.705. The minimum atomic E-state index is -3.56. The van der Waals surface area contributed by atoms with Gasteiger partial charge in [-0.2, -0.15) is 0 Å². The van der Waals surface area contributed by atoms with Gasteiger partial charge in [0.15, 0.2) is 9.84 Å². The van der Waals surface area contributed by atoms with Crippen molar-refractivity contribution in [3.63, 3.8) is 0 Å². The van der Waals surface area contributed by atoms with Crippen molar-refractivity contribution in [2.24, 2.45) is 0 Å². The first-order chi connectivity index (χ1) is 9.79. The van der Waals surface area contributed by atoms with Crippen molar-refractivity contribution in [2.45, 2.75) is 11.8 Å².